The summed E-state index contributed by atoms with van der Waals surface area (Å²) >= 11 is 1.65. The van der Waals surface area contributed by atoms with Crippen molar-refractivity contribution in [2.75, 3.05) is 18.0 Å². The van der Waals surface area contributed by atoms with Crippen LogP contribution in [0.1, 0.15) is 11.3 Å². The Labute approximate surface area is 127 Å². The number of thiophene rings is 1. The van der Waals surface area contributed by atoms with Gasteiger partial charge in [0.1, 0.15) is 0 Å². The average Bonchev–Trinajstić information content (AvgIpc) is 3.17. The van der Waals surface area contributed by atoms with E-state index in [-0.39, 0.29) is 12.1 Å². The minimum atomic E-state index is -0.0959. The lowest BCUT2D eigenvalue weighted by molar-refractivity contribution is 0.237. The Morgan fingerprint density at radius 1 is 1.57 bits per heavy atom. The van der Waals surface area contributed by atoms with Crippen LogP contribution in [0, 0.1) is 0 Å². The molecule has 1 aliphatic rings. The van der Waals surface area contributed by atoms with Gasteiger partial charge in [-0.15, -0.1) is 11.3 Å². The van der Waals surface area contributed by atoms with Crippen molar-refractivity contribution in [3.05, 3.63) is 34.8 Å². The minimum Gasteiger partial charge on any atom is -0.367 e. The second-order valence-electron chi connectivity index (χ2n) is 5.21. The monoisotopic (exact) mass is 305 g/mol. The molecule has 1 saturated heterocycles. The number of aromatic nitrogens is 2. The molecule has 7 heteroatoms. The van der Waals surface area contributed by atoms with Crippen molar-refractivity contribution >= 4 is 23.1 Å². The smallest absolute Gasteiger partial charge is 0.315 e. The Bertz CT molecular complexity index is 594. The van der Waals surface area contributed by atoms with Gasteiger partial charge in [0.05, 0.1) is 18.4 Å². The first-order chi connectivity index (χ1) is 10.2. The number of carbonyl (C=O) groups is 1. The van der Waals surface area contributed by atoms with Crippen molar-refractivity contribution in [3.8, 4) is 0 Å². The zero-order valence-corrected chi connectivity index (χ0v) is 12.8. The van der Waals surface area contributed by atoms with Gasteiger partial charge in [-0.25, -0.2) is 4.79 Å². The number of nitrogens with one attached hydrogen (secondary N) is 2. The molecule has 2 N–H and O–H groups in total. The van der Waals surface area contributed by atoms with E-state index in [1.54, 1.807) is 16.0 Å². The molecule has 0 bridgehead atoms. The number of amides is 2. The number of rotatable bonds is 4. The van der Waals surface area contributed by atoms with Crippen molar-refractivity contribution in [1.82, 2.24) is 20.4 Å². The molecule has 1 unspecified atom stereocenters. The molecule has 21 heavy (non-hydrogen) atoms. The third-order valence-corrected chi connectivity index (χ3v) is 4.46. The third kappa shape index (κ3) is 3.55. The molecule has 2 amide bonds. The summed E-state index contributed by atoms with van der Waals surface area (Å²) in [5, 5.41) is 12.1. The van der Waals surface area contributed by atoms with E-state index in [1.807, 2.05) is 37.0 Å². The second-order valence-corrected chi connectivity index (χ2v) is 6.24. The number of aryl methyl sites for hydroxylation is 1. The van der Waals surface area contributed by atoms with E-state index in [0.29, 0.717) is 6.54 Å². The highest BCUT2D eigenvalue weighted by atomic mass is 32.1. The average molecular weight is 305 g/mol. The molecule has 2 aromatic rings. The van der Waals surface area contributed by atoms with Crippen LogP contribution in [0.2, 0.25) is 0 Å². The minimum absolute atomic E-state index is 0.0959. The SMILES string of the molecule is Cn1cc(N2CCC(NC(=O)NCc3cccs3)C2)cn1. The number of anilines is 1. The maximum absolute atomic E-state index is 11.9. The van der Waals surface area contributed by atoms with Crippen LogP contribution in [-0.2, 0) is 13.6 Å². The van der Waals surface area contributed by atoms with E-state index < -0.39 is 0 Å². The maximum atomic E-state index is 11.9. The van der Waals surface area contributed by atoms with E-state index in [1.165, 1.54) is 0 Å². The summed E-state index contributed by atoms with van der Waals surface area (Å²) in [6, 6.07) is 4.10. The summed E-state index contributed by atoms with van der Waals surface area (Å²) in [5.41, 5.74) is 1.11. The van der Waals surface area contributed by atoms with Crippen LogP contribution in [0.3, 0.4) is 0 Å². The molecular formula is C14H19N5OS. The van der Waals surface area contributed by atoms with Gasteiger partial charge in [0.2, 0.25) is 0 Å². The summed E-state index contributed by atoms with van der Waals surface area (Å²) in [6.07, 6.45) is 4.82. The molecule has 3 rings (SSSR count). The number of hydrogen-bond acceptors (Lipinski definition) is 4. The maximum Gasteiger partial charge on any atom is 0.315 e. The van der Waals surface area contributed by atoms with Gasteiger partial charge >= 0.3 is 6.03 Å². The van der Waals surface area contributed by atoms with Crippen LogP contribution in [0.25, 0.3) is 0 Å². The van der Waals surface area contributed by atoms with Gasteiger partial charge in [-0.1, -0.05) is 6.07 Å². The van der Waals surface area contributed by atoms with E-state index in [2.05, 4.69) is 20.6 Å². The van der Waals surface area contributed by atoms with Crippen LogP contribution in [0.5, 0.6) is 0 Å². The summed E-state index contributed by atoms with van der Waals surface area (Å²) in [4.78, 5) is 15.3. The van der Waals surface area contributed by atoms with E-state index in [4.69, 9.17) is 0 Å². The van der Waals surface area contributed by atoms with Crippen molar-refractivity contribution in [3.63, 3.8) is 0 Å². The number of nitrogens with zero attached hydrogens (tertiary/aromatic N) is 3. The molecule has 112 valence electrons. The van der Waals surface area contributed by atoms with Gasteiger partial charge in [0.25, 0.3) is 0 Å². The standard InChI is InChI=1S/C14H19N5OS/c1-18-10-12(7-16-18)19-5-4-11(9-19)17-14(20)15-8-13-3-2-6-21-13/h2-3,6-7,10-11H,4-5,8-9H2,1H3,(H2,15,17,20). The Morgan fingerprint density at radius 2 is 2.48 bits per heavy atom. The molecule has 1 aliphatic heterocycles. The molecule has 6 nitrogen and oxygen atoms in total. The zero-order valence-electron chi connectivity index (χ0n) is 12.0. The second kappa shape index (κ2) is 6.17. The van der Waals surface area contributed by atoms with E-state index in [0.717, 1.165) is 30.1 Å². The summed E-state index contributed by atoms with van der Waals surface area (Å²) in [5.74, 6) is 0. The molecule has 3 heterocycles. The lowest BCUT2D eigenvalue weighted by Crippen LogP contribution is -2.43. The third-order valence-electron chi connectivity index (χ3n) is 3.58. The van der Waals surface area contributed by atoms with Crippen molar-refractivity contribution in [2.24, 2.45) is 7.05 Å². The summed E-state index contributed by atoms with van der Waals surface area (Å²) in [6.45, 7) is 2.36. The number of carbonyl (C=O) groups excluding carboxylic acids is 1. The highest BCUT2D eigenvalue weighted by molar-refractivity contribution is 7.09. The molecule has 0 saturated carbocycles. The van der Waals surface area contributed by atoms with E-state index in [9.17, 15) is 4.79 Å². The Morgan fingerprint density at radius 3 is 3.19 bits per heavy atom. The summed E-state index contributed by atoms with van der Waals surface area (Å²) < 4.78 is 1.80. The molecule has 0 radical (unpaired) electrons. The van der Waals surface area contributed by atoms with Crippen LogP contribution < -0.4 is 15.5 Å². The predicted octanol–water partition coefficient (Wildman–Crippen LogP) is 1.56. The summed E-state index contributed by atoms with van der Waals surface area (Å²) in [7, 11) is 1.91. The predicted molar refractivity (Wildman–Crippen MR) is 83.5 cm³/mol. The highest BCUT2D eigenvalue weighted by Gasteiger charge is 2.24. The van der Waals surface area contributed by atoms with Gasteiger partial charge in [-0.05, 0) is 17.9 Å². The van der Waals surface area contributed by atoms with Gasteiger partial charge in [-0.2, -0.15) is 5.10 Å². The van der Waals surface area contributed by atoms with E-state index >= 15 is 0 Å². The zero-order chi connectivity index (χ0) is 14.7. The van der Waals surface area contributed by atoms with Crippen LogP contribution in [0.4, 0.5) is 10.5 Å². The first-order valence-corrected chi connectivity index (χ1v) is 7.89. The quantitative estimate of drug-likeness (QED) is 0.901. The van der Waals surface area contributed by atoms with Crippen molar-refractivity contribution in [1.29, 1.82) is 0 Å². The molecule has 1 atom stereocenters. The fourth-order valence-electron chi connectivity index (χ4n) is 2.50. The van der Waals surface area contributed by atoms with Gasteiger partial charge in [0.15, 0.2) is 0 Å². The Kier molecular flexibility index (Phi) is 4.10. The fourth-order valence-corrected chi connectivity index (χ4v) is 3.15. The molecular weight excluding hydrogens is 286 g/mol. The highest BCUT2D eigenvalue weighted by Crippen LogP contribution is 2.19. The lowest BCUT2D eigenvalue weighted by atomic mass is 10.3. The first-order valence-electron chi connectivity index (χ1n) is 7.01. The topological polar surface area (TPSA) is 62.2 Å². The normalized spacial score (nSPS) is 18.0. The van der Waals surface area contributed by atoms with Crippen molar-refractivity contribution in [2.45, 2.75) is 19.0 Å². The van der Waals surface area contributed by atoms with Gasteiger partial charge in [-0.3, -0.25) is 4.68 Å². The molecule has 0 aromatic carbocycles. The molecule has 0 aliphatic carbocycles. The van der Waals surface area contributed by atoms with Gasteiger partial charge < -0.3 is 15.5 Å². The number of urea groups is 1. The van der Waals surface area contributed by atoms with Crippen molar-refractivity contribution < 1.29 is 4.79 Å². The van der Waals surface area contributed by atoms with Crippen LogP contribution >= 0.6 is 11.3 Å². The Hall–Kier alpha value is -2.02. The van der Waals surface area contributed by atoms with Crippen LogP contribution in [-0.4, -0.2) is 34.9 Å². The number of hydrogen-bond donors (Lipinski definition) is 2. The van der Waals surface area contributed by atoms with Gasteiger partial charge in [0, 0.05) is 37.3 Å². The Balaban J connectivity index is 1.45. The molecule has 2 aromatic heterocycles. The fraction of sp³-hybridized carbons (Fsp3) is 0.429. The largest absolute Gasteiger partial charge is 0.367 e. The molecule has 0 spiro atoms. The first kappa shape index (κ1) is 13.9. The van der Waals surface area contributed by atoms with Crippen LogP contribution in [0.15, 0.2) is 29.9 Å². The molecule has 1 fully saturated rings. The lowest BCUT2D eigenvalue weighted by Gasteiger charge is -2.17.